The molecule has 5 nitrogen and oxygen atoms in total. The molecule has 1 aromatic rings. The monoisotopic (exact) mass is 348 g/mol. The minimum Gasteiger partial charge on any atom is -0.373 e. The second-order valence-corrected chi connectivity index (χ2v) is 8.36. The van der Waals surface area contributed by atoms with Crippen LogP contribution in [0.1, 0.15) is 47.1 Å². The summed E-state index contributed by atoms with van der Waals surface area (Å²) in [4.78, 5) is 23.0. The van der Waals surface area contributed by atoms with Crippen LogP contribution in [0.5, 0.6) is 0 Å². The molecule has 24 heavy (non-hydrogen) atoms. The molecule has 2 aliphatic heterocycles. The highest BCUT2D eigenvalue weighted by atomic mass is 32.1. The number of rotatable bonds is 4. The molecule has 1 atom stereocenters. The number of likely N-dealkylation sites (tertiary alicyclic amines) is 1. The highest BCUT2D eigenvalue weighted by Gasteiger charge is 2.26. The maximum Gasteiger partial charge on any atom is 0.280 e. The Morgan fingerprint density at radius 1 is 1.42 bits per heavy atom. The molecule has 3 rings (SSSR count). The molecule has 0 radical (unpaired) electrons. The number of thiazole rings is 1. The number of fused-ring (bicyclic) bond motifs is 1. The van der Waals surface area contributed by atoms with Gasteiger partial charge in [0.25, 0.3) is 5.91 Å². The molecule has 0 aromatic carbocycles. The minimum absolute atomic E-state index is 0.0148. The van der Waals surface area contributed by atoms with Crippen molar-refractivity contribution in [2.75, 3.05) is 26.7 Å². The third kappa shape index (κ3) is 3.81. The van der Waals surface area contributed by atoms with Gasteiger partial charge in [0.2, 0.25) is 0 Å². The van der Waals surface area contributed by atoms with E-state index in [9.17, 15) is 4.79 Å². The first kappa shape index (κ1) is 17.4. The fourth-order valence-electron chi connectivity index (χ4n) is 3.39. The highest BCUT2D eigenvalue weighted by molar-refractivity contribution is 7.13. The van der Waals surface area contributed by atoms with Crippen molar-refractivity contribution < 1.29 is 4.79 Å². The Kier molecular flexibility index (Phi) is 5.25. The molecule has 1 fully saturated rings. The quantitative estimate of drug-likeness (QED) is 0.908. The number of nitrogens with one attached hydrogen (secondary N) is 1. The Morgan fingerprint density at radius 3 is 2.96 bits per heavy atom. The van der Waals surface area contributed by atoms with Gasteiger partial charge in [-0.2, -0.15) is 0 Å². The molecule has 1 N–H and O–H groups in total. The van der Waals surface area contributed by atoms with E-state index in [1.54, 1.807) is 11.3 Å². The molecule has 0 spiro atoms. The fraction of sp³-hybridized carbons (Fsp3) is 0.667. The Balaban J connectivity index is 1.61. The number of carbonyl (C=O) groups is 1. The number of nitrogens with zero attached hydrogens (tertiary/aromatic N) is 3. The summed E-state index contributed by atoms with van der Waals surface area (Å²) >= 11 is 1.55. The van der Waals surface area contributed by atoms with E-state index < -0.39 is 0 Å². The summed E-state index contributed by atoms with van der Waals surface area (Å²) in [5.41, 5.74) is 2.28. The molecular weight excluding hydrogens is 320 g/mol. The number of piperidine rings is 1. The Labute approximate surface area is 148 Å². The molecule has 1 aromatic heterocycles. The van der Waals surface area contributed by atoms with E-state index in [0.717, 1.165) is 51.1 Å². The largest absolute Gasteiger partial charge is 0.373 e. The van der Waals surface area contributed by atoms with Crippen LogP contribution in [0.4, 0.5) is 0 Å². The first-order valence-corrected chi connectivity index (χ1v) is 9.67. The zero-order valence-corrected chi connectivity index (χ0v) is 15.8. The van der Waals surface area contributed by atoms with Crippen LogP contribution in [0.25, 0.3) is 0 Å². The lowest BCUT2D eigenvalue weighted by atomic mass is 10.0. The van der Waals surface area contributed by atoms with E-state index >= 15 is 0 Å². The number of hydrogen-bond donors (Lipinski definition) is 1. The topological polar surface area (TPSA) is 48.5 Å². The van der Waals surface area contributed by atoms with Gasteiger partial charge in [0.1, 0.15) is 0 Å². The van der Waals surface area contributed by atoms with Crippen LogP contribution < -0.4 is 5.32 Å². The zero-order valence-electron chi connectivity index (χ0n) is 15.0. The molecule has 3 heterocycles. The van der Waals surface area contributed by atoms with E-state index in [4.69, 9.17) is 0 Å². The van der Waals surface area contributed by atoms with Crippen LogP contribution in [0.3, 0.4) is 0 Å². The van der Waals surface area contributed by atoms with Crippen LogP contribution in [0, 0.1) is 5.92 Å². The normalized spacial score (nSPS) is 21.7. The van der Waals surface area contributed by atoms with Gasteiger partial charge in [-0.25, -0.2) is 4.98 Å². The maximum atomic E-state index is 12.6. The van der Waals surface area contributed by atoms with Gasteiger partial charge in [0, 0.05) is 49.2 Å². The molecule has 0 aliphatic carbocycles. The Morgan fingerprint density at radius 2 is 2.21 bits per heavy atom. The Bertz CT molecular complexity index is 625. The third-order valence-corrected chi connectivity index (χ3v) is 6.03. The number of likely N-dealkylation sites (N-methyl/N-ethyl adjacent to an activating group) is 1. The molecular formula is C18H28N4OS. The van der Waals surface area contributed by atoms with Crippen LogP contribution in [0.2, 0.25) is 0 Å². The van der Waals surface area contributed by atoms with E-state index in [0.29, 0.717) is 10.9 Å². The van der Waals surface area contributed by atoms with Crippen molar-refractivity contribution in [1.82, 2.24) is 20.1 Å². The summed E-state index contributed by atoms with van der Waals surface area (Å²) in [6, 6.07) is 0.186. The number of allylic oxidation sites excluding steroid dienone is 1. The van der Waals surface area contributed by atoms with Gasteiger partial charge in [-0.15, -0.1) is 11.3 Å². The summed E-state index contributed by atoms with van der Waals surface area (Å²) in [5.74, 6) is 0.432. The van der Waals surface area contributed by atoms with Gasteiger partial charge >= 0.3 is 0 Å². The molecule has 0 bridgehead atoms. The van der Waals surface area contributed by atoms with Crippen molar-refractivity contribution >= 4 is 17.2 Å². The van der Waals surface area contributed by atoms with Crippen LogP contribution >= 0.6 is 11.3 Å². The summed E-state index contributed by atoms with van der Waals surface area (Å²) in [7, 11) is 2.11. The summed E-state index contributed by atoms with van der Waals surface area (Å²) < 4.78 is 0. The number of hydrogen-bond acceptors (Lipinski definition) is 5. The molecule has 0 saturated carbocycles. The van der Waals surface area contributed by atoms with Crippen LogP contribution in [-0.2, 0) is 13.0 Å². The van der Waals surface area contributed by atoms with Gasteiger partial charge in [0.15, 0.2) is 5.01 Å². The van der Waals surface area contributed by atoms with Gasteiger partial charge in [-0.3, -0.25) is 4.79 Å². The van der Waals surface area contributed by atoms with Crippen LogP contribution in [-0.4, -0.2) is 53.4 Å². The van der Waals surface area contributed by atoms with E-state index in [2.05, 4.69) is 47.6 Å². The molecule has 132 valence electrons. The first-order chi connectivity index (χ1) is 11.4. The second kappa shape index (κ2) is 7.23. The van der Waals surface area contributed by atoms with Crippen molar-refractivity contribution in [3.8, 4) is 0 Å². The lowest BCUT2D eigenvalue weighted by molar-refractivity contribution is 0.0911. The van der Waals surface area contributed by atoms with Crippen LogP contribution in [0.15, 0.2) is 12.3 Å². The van der Waals surface area contributed by atoms with Crippen molar-refractivity contribution in [3.63, 3.8) is 0 Å². The number of aromatic nitrogens is 1. The summed E-state index contributed by atoms with van der Waals surface area (Å²) in [6.45, 7) is 12.4. The van der Waals surface area contributed by atoms with Gasteiger partial charge < -0.3 is 15.1 Å². The first-order valence-electron chi connectivity index (χ1n) is 8.85. The number of amides is 1. The van der Waals surface area contributed by atoms with Gasteiger partial charge in [-0.05, 0) is 25.8 Å². The maximum absolute atomic E-state index is 12.6. The zero-order chi connectivity index (χ0) is 17.3. The van der Waals surface area contributed by atoms with E-state index in [1.165, 1.54) is 10.6 Å². The summed E-state index contributed by atoms with van der Waals surface area (Å²) in [6.07, 6.45) is 3.07. The molecule has 1 amide bonds. The molecule has 1 saturated heterocycles. The van der Waals surface area contributed by atoms with Crippen molar-refractivity contribution in [1.29, 1.82) is 0 Å². The lowest BCUT2D eigenvalue weighted by Gasteiger charge is -2.37. The highest BCUT2D eigenvalue weighted by Crippen LogP contribution is 2.25. The summed E-state index contributed by atoms with van der Waals surface area (Å²) in [5, 5.41) is 3.81. The second-order valence-electron chi connectivity index (χ2n) is 7.28. The van der Waals surface area contributed by atoms with Gasteiger partial charge in [-0.1, -0.05) is 20.4 Å². The lowest BCUT2D eigenvalue weighted by Crippen LogP contribution is -2.47. The van der Waals surface area contributed by atoms with Crippen molar-refractivity contribution in [3.05, 3.63) is 27.9 Å². The average Bonchev–Trinajstić information content (AvgIpc) is 2.97. The predicted octanol–water partition coefficient (Wildman–Crippen LogP) is 2.49. The Hall–Kier alpha value is -1.40. The molecule has 6 heteroatoms. The predicted molar refractivity (Wildman–Crippen MR) is 98.2 cm³/mol. The van der Waals surface area contributed by atoms with Gasteiger partial charge in [0.05, 0.1) is 5.69 Å². The van der Waals surface area contributed by atoms with Crippen molar-refractivity contribution in [2.24, 2.45) is 5.92 Å². The van der Waals surface area contributed by atoms with Crippen molar-refractivity contribution in [2.45, 2.75) is 45.7 Å². The SMILES string of the molecule is C=C(C(C)C)N1CCC[C@H](NC(=O)c2nc3c(s2)CN(C)CC3)C1. The fourth-order valence-corrected chi connectivity index (χ4v) is 4.48. The minimum atomic E-state index is -0.0148. The molecule has 0 unspecified atom stereocenters. The number of carbonyl (C=O) groups excluding carboxylic acids is 1. The standard InChI is InChI=1S/C18H28N4OS/c1-12(2)13(3)22-8-5-6-14(10-22)19-17(23)18-20-15-7-9-21(4)11-16(15)24-18/h12,14H,3,5-11H2,1-2,4H3,(H,19,23)/t14-/m0/s1. The smallest absolute Gasteiger partial charge is 0.280 e. The van der Waals surface area contributed by atoms with E-state index in [1.807, 2.05) is 0 Å². The molecule has 2 aliphatic rings. The van der Waals surface area contributed by atoms with E-state index in [-0.39, 0.29) is 11.9 Å². The average molecular weight is 349 g/mol. The third-order valence-electron chi connectivity index (χ3n) is 4.95.